The summed E-state index contributed by atoms with van der Waals surface area (Å²) in [6, 6.07) is 8.78. The van der Waals surface area contributed by atoms with E-state index in [9.17, 15) is 9.59 Å². The molecule has 0 atom stereocenters. The van der Waals surface area contributed by atoms with Gasteiger partial charge in [0, 0.05) is 12.5 Å². The zero-order valence-corrected chi connectivity index (χ0v) is 8.78. The fourth-order valence-electron chi connectivity index (χ4n) is 1.15. The maximum atomic E-state index is 11.6. The van der Waals surface area contributed by atoms with Crippen LogP contribution in [0, 0.1) is 0 Å². The molecular weight excluding hydrogens is 190 g/mol. The van der Waals surface area contributed by atoms with Crippen molar-refractivity contribution in [2.45, 2.75) is 13.8 Å². The van der Waals surface area contributed by atoms with E-state index < -0.39 is 0 Å². The highest BCUT2D eigenvalue weighted by molar-refractivity contribution is 6.02. The Bertz CT molecular complexity index is 393. The Morgan fingerprint density at radius 2 is 1.80 bits per heavy atom. The summed E-state index contributed by atoms with van der Waals surface area (Å²) >= 11 is 0. The largest absolute Gasteiger partial charge is 0.319 e. The van der Waals surface area contributed by atoms with Gasteiger partial charge in [0.25, 0.3) is 5.91 Å². The van der Waals surface area contributed by atoms with Gasteiger partial charge in [0.1, 0.15) is 0 Å². The highest BCUT2D eigenvalue weighted by Gasteiger charge is 2.08. The van der Waals surface area contributed by atoms with Crippen LogP contribution in [0.4, 0.5) is 0 Å². The topological polar surface area (TPSA) is 46.2 Å². The average molecular weight is 203 g/mol. The standard InChI is InChI=1S/C12H13NO2/c1-3-11(9(2)14)13-12(15)10-7-5-4-6-8-10/h3-8H,1-2H3,(H,13,15)/b11-3-. The first-order valence-electron chi connectivity index (χ1n) is 4.68. The van der Waals surface area contributed by atoms with Crippen molar-refractivity contribution in [3.8, 4) is 0 Å². The molecule has 1 amide bonds. The second kappa shape index (κ2) is 5.10. The molecule has 1 aromatic carbocycles. The fourth-order valence-corrected chi connectivity index (χ4v) is 1.15. The van der Waals surface area contributed by atoms with Gasteiger partial charge < -0.3 is 5.32 Å². The Morgan fingerprint density at radius 1 is 1.20 bits per heavy atom. The van der Waals surface area contributed by atoms with Gasteiger partial charge in [-0.05, 0) is 19.1 Å². The molecule has 0 saturated carbocycles. The molecular formula is C12H13NO2. The van der Waals surface area contributed by atoms with Gasteiger partial charge in [0.15, 0.2) is 5.78 Å². The summed E-state index contributed by atoms with van der Waals surface area (Å²) in [6.07, 6.45) is 1.59. The molecule has 15 heavy (non-hydrogen) atoms. The molecule has 0 radical (unpaired) electrons. The number of hydrogen-bond acceptors (Lipinski definition) is 2. The molecule has 78 valence electrons. The second-order valence-corrected chi connectivity index (χ2v) is 3.08. The summed E-state index contributed by atoms with van der Waals surface area (Å²) in [6.45, 7) is 3.13. The normalized spacial score (nSPS) is 10.9. The van der Waals surface area contributed by atoms with E-state index in [0.717, 1.165) is 0 Å². The molecule has 3 nitrogen and oxygen atoms in total. The molecule has 0 bridgehead atoms. The molecule has 1 N–H and O–H groups in total. The minimum Gasteiger partial charge on any atom is -0.319 e. The Kier molecular flexibility index (Phi) is 3.80. The van der Waals surface area contributed by atoms with Gasteiger partial charge in [-0.3, -0.25) is 9.59 Å². The highest BCUT2D eigenvalue weighted by Crippen LogP contribution is 2.00. The first-order chi connectivity index (χ1) is 7.15. The van der Waals surface area contributed by atoms with Crippen LogP contribution < -0.4 is 5.32 Å². The number of nitrogens with one attached hydrogen (secondary N) is 1. The zero-order valence-electron chi connectivity index (χ0n) is 8.78. The van der Waals surface area contributed by atoms with E-state index in [4.69, 9.17) is 0 Å². The Labute approximate surface area is 88.8 Å². The van der Waals surface area contributed by atoms with Crippen molar-refractivity contribution in [1.82, 2.24) is 5.32 Å². The summed E-state index contributed by atoms with van der Waals surface area (Å²) in [5.41, 5.74) is 0.863. The minimum atomic E-state index is -0.265. The van der Waals surface area contributed by atoms with Crippen molar-refractivity contribution < 1.29 is 9.59 Å². The molecule has 0 aromatic heterocycles. The number of carbonyl (C=O) groups excluding carboxylic acids is 2. The number of amides is 1. The minimum absolute atomic E-state index is 0.151. The smallest absolute Gasteiger partial charge is 0.255 e. The Morgan fingerprint density at radius 3 is 2.27 bits per heavy atom. The third-order valence-corrected chi connectivity index (χ3v) is 1.95. The lowest BCUT2D eigenvalue weighted by molar-refractivity contribution is -0.113. The summed E-state index contributed by atoms with van der Waals surface area (Å²) in [5, 5.41) is 2.56. The summed E-state index contributed by atoms with van der Waals surface area (Å²) < 4.78 is 0. The first kappa shape index (κ1) is 11.2. The van der Waals surface area contributed by atoms with Gasteiger partial charge in [0.05, 0.1) is 5.70 Å². The molecule has 1 rings (SSSR count). The number of benzene rings is 1. The molecule has 0 aliphatic carbocycles. The van der Waals surface area contributed by atoms with Crippen molar-refractivity contribution in [2.75, 3.05) is 0 Å². The second-order valence-electron chi connectivity index (χ2n) is 3.08. The summed E-state index contributed by atoms with van der Waals surface area (Å²) in [7, 11) is 0. The maximum absolute atomic E-state index is 11.6. The molecule has 0 fully saturated rings. The van der Waals surface area contributed by atoms with Crippen LogP contribution in [-0.2, 0) is 4.79 Å². The number of Topliss-reactive ketones (excluding diaryl/α,β-unsaturated/α-hetero) is 1. The lowest BCUT2D eigenvalue weighted by Crippen LogP contribution is -2.26. The fraction of sp³-hybridized carbons (Fsp3) is 0.167. The van der Waals surface area contributed by atoms with Gasteiger partial charge in [0.2, 0.25) is 0 Å². The predicted octanol–water partition coefficient (Wildman–Crippen LogP) is 1.91. The molecule has 0 aliphatic rings. The number of rotatable bonds is 3. The van der Waals surface area contributed by atoms with Crippen LogP contribution >= 0.6 is 0 Å². The van der Waals surface area contributed by atoms with Crippen LogP contribution in [0.15, 0.2) is 42.1 Å². The SMILES string of the molecule is C/C=C(\NC(=O)c1ccccc1)C(C)=O. The number of carbonyl (C=O) groups is 2. The van der Waals surface area contributed by atoms with Crippen molar-refractivity contribution in [3.63, 3.8) is 0 Å². The number of hydrogen-bond donors (Lipinski definition) is 1. The van der Waals surface area contributed by atoms with Crippen LogP contribution in [0.1, 0.15) is 24.2 Å². The summed E-state index contributed by atoms with van der Waals surface area (Å²) in [5.74, 6) is -0.416. The van der Waals surface area contributed by atoms with E-state index in [1.165, 1.54) is 6.92 Å². The van der Waals surface area contributed by atoms with Gasteiger partial charge in [-0.15, -0.1) is 0 Å². The van der Waals surface area contributed by atoms with E-state index in [1.54, 1.807) is 37.3 Å². The van der Waals surface area contributed by atoms with E-state index >= 15 is 0 Å². The Balaban J connectivity index is 2.77. The molecule has 1 aromatic rings. The first-order valence-corrected chi connectivity index (χ1v) is 4.68. The van der Waals surface area contributed by atoms with Crippen molar-refractivity contribution >= 4 is 11.7 Å². The van der Waals surface area contributed by atoms with Crippen molar-refractivity contribution in [2.24, 2.45) is 0 Å². The third-order valence-electron chi connectivity index (χ3n) is 1.95. The summed E-state index contributed by atoms with van der Waals surface area (Å²) in [4.78, 5) is 22.7. The van der Waals surface area contributed by atoms with E-state index in [0.29, 0.717) is 11.3 Å². The van der Waals surface area contributed by atoms with E-state index in [2.05, 4.69) is 5.32 Å². The van der Waals surface area contributed by atoms with Crippen LogP contribution in [0.3, 0.4) is 0 Å². The Hall–Kier alpha value is -1.90. The molecule has 0 spiro atoms. The predicted molar refractivity (Wildman–Crippen MR) is 58.3 cm³/mol. The molecule has 3 heteroatoms. The van der Waals surface area contributed by atoms with Crippen molar-refractivity contribution in [1.29, 1.82) is 0 Å². The quantitative estimate of drug-likeness (QED) is 0.763. The number of ketones is 1. The van der Waals surface area contributed by atoms with Gasteiger partial charge in [-0.1, -0.05) is 24.3 Å². The molecule has 0 aliphatic heterocycles. The molecule has 0 saturated heterocycles. The molecule has 0 heterocycles. The van der Waals surface area contributed by atoms with Gasteiger partial charge in [-0.25, -0.2) is 0 Å². The lowest BCUT2D eigenvalue weighted by atomic mass is 10.2. The van der Waals surface area contributed by atoms with E-state index in [-0.39, 0.29) is 11.7 Å². The third kappa shape index (κ3) is 3.06. The van der Waals surface area contributed by atoms with Crippen molar-refractivity contribution in [3.05, 3.63) is 47.7 Å². The number of allylic oxidation sites excluding steroid dienone is 2. The van der Waals surface area contributed by atoms with Gasteiger partial charge >= 0.3 is 0 Å². The lowest BCUT2D eigenvalue weighted by Gasteiger charge is -2.05. The zero-order chi connectivity index (χ0) is 11.3. The van der Waals surface area contributed by atoms with Crippen LogP contribution in [0.25, 0.3) is 0 Å². The van der Waals surface area contributed by atoms with Crippen LogP contribution in [0.2, 0.25) is 0 Å². The average Bonchev–Trinajstić information content (AvgIpc) is 2.26. The molecule has 0 unspecified atom stereocenters. The van der Waals surface area contributed by atoms with Crippen LogP contribution in [0.5, 0.6) is 0 Å². The van der Waals surface area contributed by atoms with Gasteiger partial charge in [-0.2, -0.15) is 0 Å². The monoisotopic (exact) mass is 203 g/mol. The van der Waals surface area contributed by atoms with Crippen LogP contribution in [-0.4, -0.2) is 11.7 Å². The van der Waals surface area contributed by atoms with E-state index in [1.807, 2.05) is 6.07 Å². The maximum Gasteiger partial charge on any atom is 0.255 e. The highest BCUT2D eigenvalue weighted by atomic mass is 16.2.